The fourth-order valence-corrected chi connectivity index (χ4v) is 4.80. The highest BCUT2D eigenvalue weighted by Crippen LogP contribution is 2.27. The molecule has 0 fully saturated rings. The molecule has 0 aliphatic heterocycles. The Morgan fingerprint density at radius 3 is 2.31 bits per heavy atom. The lowest BCUT2D eigenvalue weighted by atomic mass is 10.0. The van der Waals surface area contributed by atoms with Crippen molar-refractivity contribution in [1.29, 1.82) is 0 Å². The molecule has 3 rings (SSSR count). The fraction of sp³-hybridized carbons (Fsp3) is 0.200. The van der Waals surface area contributed by atoms with Gasteiger partial charge in [0.1, 0.15) is 4.21 Å². The van der Waals surface area contributed by atoms with E-state index in [0.717, 1.165) is 22.1 Å². The van der Waals surface area contributed by atoms with E-state index in [-0.39, 0.29) is 33.7 Å². The first-order valence-electron chi connectivity index (χ1n) is 8.94. The largest absolute Gasteiger partial charge is 0.278 e. The number of carbonyl (C=O) groups excluding carboxylic acids is 2. The molecular weight excluding hydrogens is 410 g/mol. The molecule has 0 aliphatic carbocycles. The van der Waals surface area contributed by atoms with Crippen LogP contribution in [0.5, 0.6) is 0 Å². The average molecular weight is 432 g/mol. The van der Waals surface area contributed by atoms with Gasteiger partial charge in [-0.15, -0.1) is 11.3 Å². The Kier molecular flexibility index (Phi) is 6.19. The lowest BCUT2D eigenvalue weighted by molar-refractivity contribution is -0.122. The zero-order valence-corrected chi connectivity index (χ0v) is 17.6. The third kappa shape index (κ3) is 5.12. The van der Waals surface area contributed by atoms with Crippen molar-refractivity contribution in [3.8, 4) is 0 Å². The van der Waals surface area contributed by atoms with Crippen LogP contribution in [0.3, 0.4) is 0 Å². The van der Waals surface area contributed by atoms with Crippen LogP contribution in [-0.4, -0.2) is 20.2 Å². The molecule has 3 N–H and O–H groups in total. The number of thiophene rings is 1. The maximum atomic E-state index is 12.7. The van der Waals surface area contributed by atoms with E-state index in [1.165, 1.54) is 6.07 Å². The number of hydrogen-bond acceptors (Lipinski definition) is 5. The van der Waals surface area contributed by atoms with Crippen molar-refractivity contribution in [2.75, 3.05) is 4.72 Å². The molecule has 0 aliphatic rings. The van der Waals surface area contributed by atoms with Gasteiger partial charge in [-0.05, 0) is 40.3 Å². The third-order valence-corrected chi connectivity index (χ3v) is 6.81. The highest BCUT2D eigenvalue weighted by atomic mass is 32.2. The maximum Gasteiger partial charge on any atom is 0.271 e. The number of fused-ring (bicyclic) bond motifs is 1. The number of hydrogen-bond donors (Lipinski definition) is 3. The van der Waals surface area contributed by atoms with E-state index in [1.807, 2.05) is 38.1 Å². The first kappa shape index (κ1) is 20.8. The molecule has 1 aromatic heterocycles. The summed E-state index contributed by atoms with van der Waals surface area (Å²) < 4.78 is 27.9. The number of sulfonamides is 1. The van der Waals surface area contributed by atoms with E-state index in [2.05, 4.69) is 15.6 Å². The second-order valence-corrected chi connectivity index (χ2v) is 9.74. The van der Waals surface area contributed by atoms with Gasteiger partial charge in [-0.3, -0.25) is 25.2 Å². The minimum Gasteiger partial charge on any atom is -0.278 e. The Morgan fingerprint density at radius 2 is 1.69 bits per heavy atom. The van der Waals surface area contributed by atoms with Crippen LogP contribution >= 0.6 is 11.3 Å². The molecule has 2 aromatic carbocycles. The highest BCUT2D eigenvalue weighted by Gasteiger charge is 2.21. The third-order valence-electron chi connectivity index (χ3n) is 4.04. The minimum absolute atomic E-state index is 0.105. The molecule has 29 heavy (non-hydrogen) atoms. The molecule has 0 radical (unpaired) electrons. The molecule has 0 bridgehead atoms. The van der Waals surface area contributed by atoms with Gasteiger partial charge in [0.05, 0.1) is 11.3 Å². The maximum absolute atomic E-state index is 12.7. The summed E-state index contributed by atoms with van der Waals surface area (Å²) in [5, 5.41) is 3.20. The van der Waals surface area contributed by atoms with E-state index in [0.29, 0.717) is 0 Å². The van der Waals surface area contributed by atoms with E-state index in [1.54, 1.807) is 23.6 Å². The van der Waals surface area contributed by atoms with Crippen LogP contribution in [0.15, 0.2) is 58.1 Å². The fourth-order valence-electron chi connectivity index (χ4n) is 2.74. The molecule has 7 nitrogen and oxygen atoms in total. The van der Waals surface area contributed by atoms with Crippen molar-refractivity contribution in [2.24, 2.45) is 5.92 Å². The smallest absolute Gasteiger partial charge is 0.271 e. The summed E-state index contributed by atoms with van der Waals surface area (Å²) in [4.78, 5) is 24.5. The molecule has 0 unspecified atom stereocenters. The van der Waals surface area contributed by atoms with Crippen LogP contribution in [0.2, 0.25) is 0 Å². The second-order valence-electron chi connectivity index (χ2n) is 6.88. The number of carbonyl (C=O) groups is 2. The van der Waals surface area contributed by atoms with Gasteiger partial charge >= 0.3 is 0 Å². The molecule has 0 spiro atoms. The highest BCUT2D eigenvalue weighted by molar-refractivity contribution is 7.94. The van der Waals surface area contributed by atoms with E-state index < -0.39 is 15.9 Å². The van der Waals surface area contributed by atoms with Crippen molar-refractivity contribution >= 4 is 49.6 Å². The van der Waals surface area contributed by atoms with Gasteiger partial charge in [-0.2, -0.15) is 0 Å². The molecular formula is C20H21N3O4S2. The van der Waals surface area contributed by atoms with Gasteiger partial charge < -0.3 is 0 Å². The van der Waals surface area contributed by atoms with Crippen LogP contribution in [0.4, 0.5) is 5.69 Å². The van der Waals surface area contributed by atoms with Crippen molar-refractivity contribution in [3.05, 3.63) is 59.5 Å². The first-order chi connectivity index (χ1) is 13.8. The number of anilines is 1. The molecule has 0 saturated heterocycles. The van der Waals surface area contributed by atoms with Crippen molar-refractivity contribution in [2.45, 2.75) is 24.5 Å². The summed E-state index contributed by atoms with van der Waals surface area (Å²) >= 11 is 1.08. The predicted octanol–water partition coefficient (Wildman–Crippen LogP) is 3.51. The van der Waals surface area contributed by atoms with Gasteiger partial charge in [-0.25, -0.2) is 8.42 Å². The number of hydrazine groups is 1. The Morgan fingerprint density at radius 1 is 1.00 bits per heavy atom. The molecule has 0 atom stereocenters. The second kappa shape index (κ2) is 8.62. The van der Waals surface area contributed by atoms with Gasteiger partial charge in [0.25, 0.3) is 15.9 Å². The lowest BCUT2D eigenvalue weighted by Crippen LogP contribution is -2.42. The lowest BCUT2D eigenvalue weighted by Gasteiger charge is -2.14. The summed E-state index contributed by atoms with van der Waals surface area (Å²) in [6.07, 6.45) is 0.260. The van der Waals surface area contributed by atoms with E-state index >= 15 is 0 Å². The Hall–Kier alpha value is -2.91. The van der Waals surface area contributed by atoms with Gasteiger partial charge in [0.15, 0.2) is 0 Å². The van der Waals surface area contributed by atoms with Crippen LogP contribution in [0.25, 0.3) is 10.8 Å². The number of rotatable bonds is 6. The molecule has 9 heteroatoms. The Labute approximate surface area is 173 Å². The van der Waals surface area contributed by atoms with Crippen molar-refractivity contribution < 1.29 is 18.0 Å². The Bertz CT molecular complexity index is 1140. The zero-order chi connectivity index (χ0) is 21.0. The van der Waals surface area contributed by atoms with E-state index in [4.69, 9.17) is 0 Å². The first-order valence-corrected chi connectivity index (χ1v) is 11.3. The van der Waals surface area contributed by atoms with Gasteiger partial charge in [0.2, 0.25) is 5.91 Å². The molecule has 152 valence electrons. The summed E-state index contributed by atoms with van der Waals surface area (Å²) in [6.45, 7) is 3.78. The summed E-state index contributed by atoms with van der Waals surface area (Å²) in [5.74, 6) is -0.799. The monoisotopic (exact) mass is 431 g/mol. The zero-order valence-electron chi connectivity index (χ0n) is 15.9. The summed E-state index contributed by atoms with van der Waals surface area (Å²) in [7, 11) is -3.84. The topological polar surface area (TPSA) is 104 Å². The quantitative estimate of drug-likeness (QED) is 0.520. The normalized spacial score (nSPS) is 11.4. The Balaban J connectivity index is 1.93. The van der Waals surface area contributed by atoms with Gasteiger partial charge in [-0.1, -0.05) is 44.2 Å². The van der Waals surface area contributed by atoms with Crippen LogP contribution in [0, 0.1) is 5.92 Å². The summed E-state index contributed by atoms with van der Waals surface area (Å²) in [6, 6.07) is 13.6. The molecule has 0 saturated carbocycles. The van der Waals surface area contributed by atoms with Crippen LogP contribution < -0.4 is 15.6 Å². The number of amides is 2. The minimum atomic E-state index is -3.84. The molecule has 2 amide bonds. The van der Waals surface area contributed by atoms with Crippen molar-refractivity contribution in [1.82, 2.24) is 10.9 Å². The molecule has 1 heterocycles. The SMILES string of the molecule is CC(C)CC(=O)NNC(=O)c1cc2ccccc2cc1NS(=O)(=O)c1cccs1. The number of benzene rings is 2. The van der Waals surface area contributed by atoms with Crippen LogP contribution in [0.1, 0.15) is 30.6 Å². The summed E-state index contributed by atoms with van der Waals surface area (Å²) in [5.41, 5.74) is 4.96. The number of nitrogens with one attached hydrogen (secondary N) is 3. The van der Waals surface area contributed by atoms with Crippen molar-refractivity contribution in [3.63, 3.8) is 0 Å². The average Bonchev–Trinajstić information content (AvgIpc) is 3.20. The van der Waals surface area contributed by atoms with Gasteiger partial charge in [0, 0.05) is 6.42 Å². The standard InChI is InChI=1S/C20H21N3O4S2/c1-13(2)10-18(24)21-22-20(25)16-11-14-6-3-4-7-15(14)12-17(16)23-29(26,27)19-8-5-9-28-19/h3-9,11-13,23H,10H2,1-2H3,(H,21,24)(H,22,25). The van der Waals surface area contributed by atoms with Crippen LogP contribution in [-0.2, 0) is 14.8 Å². The van der Waals surface area contributed by atoms with E-state index in [9.17, 15) is 18.0 Å². The molecule has 3 aromatic rings. The predicted molar refractivity (Wildman–Crippen MR) is 114 cm³/mol.